The monoisotopic (exact) mass is 616 g/mol. The van der Waals surface area contributed by atoms with Gasteiger partial charge in [-0.25, -0.2) is 9.69 Å². The van der Waals surface area contributed by atoms with Crippen molar-refractivity contribution in [2.45, 2.75) is 30.7 Å². The van der Waals surface area contributed by atoms with Gasteiger partial charge in [-0.2, -0.15) is 5.06 Å². The molecule has 10 heteroatoms. The maximum Gasteiger partial charge on any atom is 0.407 e. The molecule has 232 valence electrons. The number of nitrogens with one attached hydrogen (secondary N) is 2. The number of fused-ring (bicyclic) bond motifs is 4. The molecular weight excluding hydrogens is 584 g/mol. The van der Waals surface area contributed by atoms with Crippen molar-refractivity contribution in [2.24, 2.45) is 5.92 Å². The molecule has 7 rings (SSSR count). The Balaban J connectivity index is 1.07. The summed E-state index contributed by atoms with van der Waals surface area (Å²) in [6, 6.07) is 32.9. The normalized spacial score (nSPS) is 21.0. The molecule has 0 radical (unpaired) electrons. The maximum atomic E-state index is 13.8. The number of amides is 4. The number of carbonyl (C=O) groups excluding carboxylic acids is 4. The van der Waals surface area contributed by atoms with E-state index in [1.165, 1.54) is 5.06 Å². The molecule has 2 aliphatic heterocycles. The zero-order chi connectivity index (χ0) is 31.8. The van der Waals surface area contributed by atoms with E-state index in [4.69, 9.17) is 9.57 Å². The third kappa shape index (κ3) is 5.31. The quantitative estimate of drug-likeness (QED) is 0.287. The number of ether oxygens (including phenoxy) is 1. The first-order valence-electron chi connectivity index (χ1n) is 15.2. The third-order valence-corrected chi connectivity index (χ3v) is 8.85. The third-order valence-electron chi connectivity index (χ3n) is 8.85. The molecular formula is C36H32N4O6. The molecule has 10 nitrogen and oxygen atoms in total. The molecule has 0 bridgehead atoms. The Morgan fingerprint density at radius 1 is 0.804 bits per heavy atom. The number of imide groups is 1. The summed E-state index contributed by atoms with van der Waals surface area (Å²) in [4.78, 5) is 60.7. The van der Waals surface area contributed by atoms with Crippen LogP contribution in [0, 0.1) is 5.92 Å². The van der Waals surface area contributed by atoms with Crippen molar-refractivity contribution < 1.29 is 28.8 Å². The number of hydroxylamine groups is 2. The summed E-state index contributed by atoms with van der Waals surface area (Å²) in [7, 11) is 1.56. The summed E-state index contributed by atoms with van der Waals surface area (Å²) in [6.45, 7) is 0.0917. The van der Waals surface area contributed by atoms with Crippen LogP contribution in [-0.2, 0) is 30.4 Å². The van der Waals surface area contributed by atoms with Gasteiger partial charge >= 0.3 is 6.09 Å². The maximum absolute atomic E-state index is 13.8. The highest BCUT2D eigenvalue weighted by Crippen LogP contribution is 2.44. The molecule has 4 aromatic carbocycles. The minimum absolute atomic E-state index is 0.0917. The van der Waals surface area contributed by atoms with Crippen LogP contribution in [0.5, 0.6) is 0 Å². The van der Waals surface area contributed by atoms with Crippen molar-refractivity contribution in [3.63, 3.8) is 0 Å². The van der Waals surface area contributed by atoms with Crippen molar-refractivity contribution in [3.8, 4) is 11.1 Å². The highest BCUT2D eigenvalue weighted by atomic mass is 16.7. The molecule has 2 fully saturated rings. The molecule has 0 unspecified atom stereocenters. The van der Waals surface area contributed by atoms with Crippen LogP contribution in [0.1, 0.15) is 22.6 Å². The average molecular weight is 617 g/mol. The Kier molecular flexibility index (Phi) is 7.81. The smallest absolute Gasteiger partial charge is 0.407 e. The van der Waals surface area contributed by atoms with E-state index in [2.05, 4.69) is 22.8 Å². The van der Waals surface area contributed by atoms with Crippen LogP contribution in [0.4, 0.5) is 10.5 Å². The van der Waals surface area contributed by atoms with Crippen LogP contribution < -0.4 is 15.5 Å². The Morgan fingerprint density at radius 3 is 2.04 bits per heavy atom. The molecule has 4 amide bonds. The molecule has 0 aromatic heterocycles. The number of rotatable bonds is 8. The van der Waals surface area contributed by atoms with Gasteiger partial charge in [0.1, 0.15) is 24.7 Å². The SMILES string of the molecule is CN1O[C@H]2C(=O)N(c3ccccc3)C(=O)[C@H]2[C@@H]1NC(=O)[C@H](Cc1ccccc1)NC(=O)OCC1c2ccccc2-c2ccccc21. The number of benzene rings is 4. The van der Waals surface area contributed by atoms with E-state index >= 15 is 0 Å². The van der Waals surface area contributed by atoms with Crippen molar-refractivity contribution in [1.82, 2.24) is 15.7 Å². The highest BCUT2D eigenvalue weighted by molar-refractivity contribution is 6.23. The average Bonchev–Trinajstić information content (AvgIpc) is 3.66. The van der Waals surface area contributed by atoms with Crippen LogP contribution in [-0.4, -0.2) is 60.8 Å². The number of nitrogens with zero attached hydrogens (tertiary/aromatic N) is 2. The van der Waals surface area contributed by atoms with Crippen LogP contribution in [0.25, 0.3) is 11.1 Å². The van der Waals surface area contributed by atoms with E-state index in [9.17, 15) is 19.2 Å². The molecule has 4 aromatic rings. The Bertz CT molecular complexity index is 1750. The second-order valence-electron chi connectivity index (χ2n) is 11.6. The van der Waals surface area contributed by atoms with E-state index in [0.29, 0.717) is 5.69 Å². The highest BCUT2D eigenvalue weighted by Gasteiger charge is 2.59. The van der Waals surface area contributed by atoms with Gasteiger partial charge in [-0.05, 0) is 39.9 Å². The molecule has 0 saturated carbocycles. The van der Waals surface area contributed by atoms with E-state index in [0.717, 1.165) is 32.7 Å². The van der Waals surface area contributed by atoms with Crippen LogP contribution >= 0.6 is 0 Å². The second-order valence-corrected chi connectivity index (χ2v) is 11.6. The van der Waals surface area contributed by atoms with Gasteiger partial charge in [0, 0.05) is 19.4 Å². The molecule has 0 spiro atoms. The van der Waals surface area contributed by atoms with Gasteiger partial charge in [0.05, 0.1) is 5.69 Å². The topological polar surface area (TPSA) is 117 Å². The minimum Gasteiger partial charge on any atom is -0.449 e. The predicted octanol–water partition coefficient (Wildman–Crippen LogP) is 4.01. The Labute approximate surface area is 265 Å². The van der Waals surface area contributed by atoms with Crippen molar-refractivity contribution in [1.29, 1.82) is 0 Å². The van der Waals surface area contributed by atoms with Gasteiger partial charge < -0.3 is 15.4 Å². The zero-order valence-corrected chi connectivity index (χ0v) is 25.0. The van der Waals surface area contributed by atoms with Crippen molar-refractivity contribution >= 4 is 29.5 Å². The fraction of sp³-hybridized carbons (Fsp3) is 0.222. The van der Waals surface area contributed by atoms with Gasteiger partial charge in [-0.15, -0.1) is 0 Å². The summed E-state index contributed by atoms with van der Waals surface area (Å²) in [5.41, 5.74) is 5.63. The van der Waals surface area contributed by atoms with Gasteiger partial charge in [0.15, 0.2) is 6.10 Å². The second kappa shape index (κ2) is 12.2. The van der Waals surface area contributed by atoms with E-state index in [1.54, 1.807) is 37.4 Å². The summed E-state index contributed by atoms with van der Waals surface area (Å²) in [5.74, 6) is -2.62. The number of hydrogen-bond acceptors (Lipinski definition) is 7. The molecule has 2 heterocycles. The van der Waals surface area contributed by atoms with Crippen LogP contribution in [0.2, 0.25) is 0 Å². The van der Waals surface area contributed by atoms with Crippen LogP contribution in [0.15, 0.2) is 109 Å². The number of alkyl carbamates (subject to hydrolysis) is 1. The van der Waals surface area contributed by atoms with Crippen LogP contribution in [0.3, 0.4) is 0 Å². The largest absolute Gasteiger partial charge is 0.449 e. The number of hydrogen-bond donors (Lipinski definition) is 2. The van der Waals surface area contributed by atoms with E-state index in [-0.39, 0.29) is 18.9 Å². The Hall–Kier alpha value is -5.32. The van der Waals surface area contributed by atoms with Gasteiger partial charge in [0.2, 0.25) is 11.8 Å². The lowest BCUT2D eigenvalue weighted by atomic mass is 9.98. The number of carbonyl (C=O) groups is 4. The number of anilines is 1. The lowest BCUT2D eigenvalue weighted by molar-refractivity contribution is -0.164. The summed E-state index contributed by atoms with van der Waals surface area (Å²) in [6.07, 6.45) is -2.59. The van der Waals surface area contributed by atoms with Gasteiger partial charge in [-0.1, -0.05) is 97.1 Å². The van der Waals surface area contributed by atoms with Gasteiger partial charge in [0.25, 0.3) is 5.91 Å². The zero-order valence-electron chi connectivity index (χ0n) is 25.0. The first kappa shape index (κ1) is 29.4. The lowest BCUT2D eigenvalue weighted by Crippen LogP contribution is -2.55. The fourth-order valence-electron chi connectivity index (χ4n) is 6.65. The first-order valence-corrected chi connectivity index (χ1v) is 15.2. The molecule has 3 aliphatic rings. The summed E-state index contributed by atoms with van der Waals surface area (Å²) in [5, 5.41) is 6.93. The lowest BCUT2D eigenvalue weighted by Gasteiger charge is -2.27. The summed E-state index contributed by atoms with van der Waals surface area (Å²) < 4.78 is 5.74. The Morgan fingerprint density at radius 2 is 1.39 bits per heavy atom. The molecule has 4 atom stereocenters. The van der Waals surface area contributed by atoms with E-state index in [1.807, 2.05) is 66.7 Å². The standard InChI is InChI=1S/C36H32N4O6/c1-39-32(30-31(46-39)35(43)40(34(30)42)23-14-6-3-7-15-23)38-33(41)29(20-22-12-4-2-5-13-22)37-36(44)45-21-28-26-18-10-8-16-24(26)25-17-9-11-19-27(25)28/h2-19,28-32H,20-21H2,1H3,(H,37,44)(H,38,41)/t29-,30+,31+,32+/m0/s1. The number of para-hydroxylation sites is 1. The predicted molar refractivity (Wildman–Crippen MR) is 169 cm³/mol. The van der Waals surface area contributed by atoms with Crippen molar-refractivity contribution in [2.75, 3.05) is 18.6 Å². The molecule has 2 N–H and O–H groups in total. The van der Waals surface area contributed by atoms with Gasteiger partial charge in [-0.3, -0.25) is 19.2 Å². The minimum atomic E-state index is -1.08. The molecule has 1 aliphatic carbocycles. The summed E-state index contributed by atoms with van der Waals surface area (Å²) >= 11 is 0. The van der Waals surface area contributed by atoms with Crippen molar-refractivity contribution in [3.05, 3.63) is 126 Å². The first-order chi connectivity index (χ1) is 22.4. The molecule has 2 saturated heterocycles. The fourth-order valence-corrected chi connectivity index (χ4v) is 6.65. The van der Waals surface area contributed by atoms with E-state index < -0.39 is 48.0 Å². The molecule has 46 heavy (non-hydrogen) atoms.